The normalized spacial score (nSPS) is 26.3. The van der Waals surface area contributed by atoms with Gasteiger partial charge >= 0.3 is 0 Å². The molecule has 1 unspecified atom stereocenters. The van der Waals surface area contributed by atoms with Gasteiger partial charge in [0, 0.05) is 13.1 Å². The number of hydrogen-bond donors (Lipinski definition) is 2. The Morgan fingerprint density at radius 1 is 1.47 bits per heavy atom. The summed E-state index contributed by atoms with van der Waals surface area (Å²) in [6.45, 7) is 7.00. The number of unbranched alkanes of at least 4 members (excludes halogenated alkanes) is 1. The first kappa shape index (κ1) is 12.5. The molecule has 3 nitrogen and oxygen atoms in total. The van der Waals surface area contributed by atoms with E-state index in [1.165, 1.54) is 0 Å². The summed E-state index contributed by atoms with van der Waals surface area (Å²) in [6, 6.07) is 0. The molecule has 0 spiro atoms. The molecule has 2 N–H and O–H groups in total. The monoisotopic (exact) mass is 212 g/mol. The van der Waals surface area contributed by atoms with E-state index in [1.807, 2.05) is 0 Å². The maximum atomic E-state index is 12.1. The molecule has 1 atom stereocenters. The van der Waals surface area contributed by atoms with E-state index < -0.39 is 0 Å². The summed E-state index contributed by atoms with van der Waals surface area (Å²) >= 11 is 0. The Balaban J connectivity index is 2.45. The van der Waals surface area contributed by atoms with Gasteiger partial charge in [0.05, 0.1) is 5.41 Å². The zero-order chi connectivity index (χ0) is 11.1. The largest absolute Gasteiger partial charge is 0.356 e. The second kappa shape index (κ2) is 6.11. The fourth-order valence-electron chi connectivity index (χ4n) is 2.19. The Hall–Kier alpha value is -0.570. The maximum Gasteiger partial charge on any atom is 0.227 e. The second-order valence-electron chi connectivity index (χ2n) is 4.52. The summed E-state index contributed by atoms with van der Waals surface area (Å²) in [5.41, 5.74) is -0.133. The Kier molecular flexibility index (Phi) is 5.09. The Morgan fingerprint density at radius 3 is 2.80 bits per heavy atom. The second-order valence-corrected chi connectivity index (χ2v) is 4.52. The van der Waals surface area contributed by atoms with E-state index in [9.17, 15) is 4.79 Å². The molecule has 1 rings (SSSR count). The molecule has 0 bridgehead atoms. The van der Waals surface area contributed by atoms with Gasteiger partial charge in [0.1, 0.15) is 0 Å². The summed E-state index contributed by atoms with van der Waals surface area (Å²) in [5.74, 6) is 0.255. The quantitative estimate of drug-likeness (QED) is 0.681. The number of rotatable bonds is 5. The van der Waals surface area contributed by atoms with Gasteiger partial charge in [0.15, 0.2) is 0 Å². The van der Waals surface area contributed by atoms with Crippen LogP contribution < -0.4 is 10.6 Å². The highest BCUT2D eigenvalue weighted by Gasteiger charge is 2.37. The number of nitrogens with one attached hydrogen (secondary N) is 2. The van der Waals surface area contributed by atoms with E-state index in [4.69, 9.17) is 0 Å². The molecule has 0 radical (unpaired) electrons. The van der Waals surface area contributed by atoms with Crippen LogP contribution in [0.4, 0.5) is 0 Å². The van der Waals surface area contributed by atoms with Crippen LogP contribution >= 0.6 is 0 Å². The zero-order valence-electron chi connectivity index (χ0n) is 10.1. The van der Waals surface area contributed by atoms with Crippen molar-refractivity contribution in [2.24, 2.45) is 5.41 Å². The van der Waals surface area contributed by atoms with Crippen LogP contribution in [-0.4, -0.2) is 25.5 Å². The lowest BCUT2D eigenvalue weighted by Gasteiger charge is -2.35. The van der Waals surface area contributed by atoms with Crippen molar-refractivity contribution in [2.45, 2.75) is 46.0 Å². The summed E-state index contributed by atoms with van der Waals surface area (Å²) in [6.07, 6.45) is 5.32. The van der Waals surface area contributed by atoms with E-state index in [-0.39, 0.29) is 11.3 Å². The Morgan fingerprint density at radius 2 is 2.27 bits per heavy atom. The molecule has 1 aliphatic heterocycles. The summed E-state index contributed by atoms with van der Waals surface area (Å²) in [5, 5.41) is 6.40. The van der Waals surface area contributed by atoms with Crippen LogP contribution in [0.15, 0.2) is 0 Å². The minimum absolute atomic E-state index is 0.133. The van der Waals surface area contributed by atoms with Crippen LogP contribution in [0, 0.1) is 5.41 Å². The van der Waals surface area contributed by atoms with Crippen LogP contribution in [0.25, 0.3) is 0 Å². The van der Waals surface area contributed by atoms with Crippen molar-refractivity contribution in [2.75, 3.05) is 19.6 Å². The third-order valence-corrected chi connectivity index (χ3v) is 3.45. The third-order valence-electron chi connectivity index (χ3n) is 3.45. The van der Waals surface area contributed by atoms with Gasteiger partial charge in [0.2, 0.25) is 5.91 Å². The summed E-state index contributed by atoms with van der Waals surface area (Å²) in [4.78, 5) is 12.1. The van der Waals surface area contributed by atoms with E-state index in [2.05, 4.69) is 24.5 Å². The predicted molar refractivity (Wildman–Crippen MR) is 62.7 cm³/mol. The van der Waals surface area contributed by atoms with Gasteiger partial charge < -0.3 is 10.6 Å². The van der Waals surface area contributed by atoms with Crippen molar-refractivity contribution in [3.63, 3.8) is 0 Å². The predicted octanol–water partition coefficient (Wildman–Crippen LogP) is 1.68. The lowest BCUT2D eigenvalue weighted by atomic mass is 9.77. The molecule has 3 heteroatoms. The average molecular weight is 212 g/mol. The van der Waals surface area contributed by atoms with Crippen LogP contribution in [0.1, 0.15) is 46.0 Å². The van der Waals surface area contributed by atoms with Crippen molar-refractivity contribution >= 4 is 5.91 Å². The first-order valence-corrected chi connectivity index (χ1v) is 6.24. The van der Waals surface area contributed by atoms with Gasteiger partial charge in [-0.05, 0) is 32.2 Å². The molecule has 0 aromatic heterocycles. The van der Waals surface area contributed by atoms with Crippen molar-refractivity contribution in [3.05, 3.63) is 0 Å². The zero-order valence-corrected chi connectivity index (χ0v) is 10.1. The number of hydrogen-bond acceptors (Lipinski definition) is 2. The van der Waals surface area contributed by atoms with Crippen LogP contribution in [0.5, 0.6) is 0 Å². The minimum Gasteiger partial charge on any atom is -0.356 e. The molecule has 88 valence electrons. The smallest absolute Gasteiger partial charge is 0.227 e. The third kappa shape index (κ3) is 3.20. The highest BCUT2D eigenvalue weighted by atomic mass is 16.2. The Bertz CT molecular complexity index is 198. The molecular formula is C12H24N2O. The van der Waals surface area contributed by atoms with Gasteiger partial charge in [-0.3, -0.25) is 4.79 Å². The standard InChI is InChI=1S/C12H24N2O/c1-3-5-9-14-11(15)12(4-2)7-6-8-13-10-12/h13H,3-10H2,1-2H3,(H,14,15). The topological polar surface area (TPSA) is 41.1 Å². The molecular weight excluding hydrogens is 188 g/mol. The first-order valence-electron chi connectivity index (χ1n) is 6.24. The van der Waals surface area contributed by atoms with E-state index >= 15 is 0 Å². The number of piperidine rings is 1. The van der Waals surface area contributed by atoms with Gasteiger partial charge in [0.25, 0.3) is 0 Å². The van der Waals surface area contributed by atoms with Gasteiger partial charge in [-0.15, -0.1) is 0 Å². The molecule has 1 saturated heterocycles. The molecule has 0 aromatic carbocycles. The minimum atomic E-state index is -0.133. The Labute approximate surface area is 93.0 Å². The fourth-order valence-corrected chi connectivity index (χ4v) is 2.19. The lowest BCUT2D eigenvalue weighted by Crippen LogP contribution is -2.50. The molecule has 1 amide bonds. The molecule has 1 heterocycles. The van der Waals surface area contributed by atoms with E-state index in [0.717, 1.165) is 51.7 Å². The number of carbonyl (C=O) groups excluding carboxylic acids is 1. The lowest BCUT2D eigenvalue weighted by molar-refractivity contribution is -0.132. The fraction of sp³-hybridized carbons (Fsp3) is 0.917. The van der Waals surface area contributed by atoms with Gasteiger partial charge in [-0.25, -0.2) is 0 Å². The van der Waals surface area contributed by atoms with E-state index in [0.29, 0.717) is 0 Å². The van der Waals surface area contributed by atoms with Crippen LogP contribution in [0.3, 0.4) is 0 Å². The van der Waals surface area contributed by atoms with Crippen molar-refractivity contribution in [3.8, 4) is 0 Å². The van der Waals surface area contributed by atoms with E-state index in [1.54, 1.807) is 0 Å². The van der Waals surface area contributed by atoms with Gasteiger partial charge in [-0.2, -0.15) is 0 Å². The van der Waals surface area contributed by atoms with Crippen LogP contribution in [-0.2, 0) is 4.79 Å². The molecule has 0 saturated carbocycles. The first-order chi connectivity index (χ1) is 7.25. The molecule has 0 aromatic rings. The van der Waals surface area contributed by atoms with Crippen molar-refractivity contribution < 1.29 is 4.79 Å². The molecule has 0 aliphatic carbocycles. The highest BCUT2D eigenvalue weighted by molar-refractivity contribution is 5.82. The maximum absolute atomic E-state index is 12.1. The highest BCUT2D eigenvalue weighted by Crippen LogP contribution is 2.30. The van der Waals surface area contributed by atoms with Crippen molar-refractivity contribution in [1.82, 2.24) is 10.6 Å². The molecule has 15 heavy (non-hydrogen) atoms. The van der Waals surface area contributed by atoms with Gasteiger partial charge in [-0.1, -0.05) is 20.3 Å². The molecule has 1 fully saturated rings. The number of carbonyl (C=O) groups is 1. The van der Waals surface area contributed by atoms with Crippen molar-refractivity contribution in [1.29, 1.82) is 0 Å². The summed E-state index contributed by atoms with van der Waals surface area (Å²) < 4.78 is 0. The number of amides is 1. The SMILES string of the molecule is CCCCNC(=O)C1(CC)CCCNC1. The summed E-state index contributed by atoms with van der Waals surface area (Å²) in [7, 11) is 0. The average Bonchev–Trinajstić information content (AvgIpc) is 2.30. The van der Waals surface area contributed by atoms with Crippen LogP contribution in [0.2, 0.25) is 0 Å². The molecule has 1 aliphatic rings.